The van der Waals surface area contributed by atoms with E-state index < -0.39 is 0 Å². The molecule has 0 bridgehead atoms. The van der Waals surface area contributed by atoms with Gasteiger partial charge in [-0.1, -0.05) is 6.42 Å². The topological polar surface area (TPSA) is 80.3 Å². The number of hydrogen-bond donors (Lipinski definition) is 2. The molecule has 30 heavy (non-hydrogen) atoms. The van der Waals surface area contributed by atoms with Crippen LogP contribution in [-0.2, 0) is 12.8 Å². The van der Waals surface area contributed by atoms with Crippen molar-refractivity contribution >= 4 is 33.8 Å². The minimum absolute atomic E-state index is 0.207. The SMILES string of the molecule is COc1ccc(NC(=O)c2c(NC(=O)c3cccnc3)sc3c2CCCCC3)cc1. The molecule has 0 aliphatic heterocycles. The highest BCUT2D eigenvalue weighted by Gasteiger charge is 2.26. The molecule has 154 valence electrons. The van der Waals surface area contributed by atoms with Gasteiger partial charge in [0.1, 0.15) is 10.8 Å². The molecular formula is C23H23N3O3S. The number of nitrogens with one attached hydrogen (secondary N) is 2. The Labute approximate surface area is 179 Å². The third kappa shape index (κ3) is 4.36. The first kappa shape index (κ1) is 20.1. The van der Waals surface area contributed by atoms with Crippen LogP contribution in [0.5, 0.6) is 5.75 Å². The fourth-order valence-corrected chi connectivity index (χ4v) is 4.89. The van der Waals surface area contributed by atoms with Crippen molar-refractivity contribution in [3.05, 3.63) is 70.4 Å². The number of methoxy groups -OCH3 is 1. The summed E-state index contributed by atoms with van der Waals surface area (Å²) in [5.41, 5.74) is 2.77. The minimum atomic E-state index is -0.266. The van der Waals surface area contributed by atoms with Gasteiger partial charge in [0.05, 0.1) is 18.2 Å². The van der Waals surface area contributed by atoms with Crippen LogP contribution in [-0.4, -0.2) is 23.9 Å². The van der Waals surface area contributed by atoms with E-state index in [1.165, 1.54) is 22.4 Å². The van der Waals surface area contributed by atoms with Crippen LogP contribution in [0.2, 0.25) is 0 Å². The number of amides is 2. The lowest BCUT2D eigenvalue weighted by Crippen LogP contribution is -2.18. The molecule has 0 saturated carbocycles. The Morgan fingerprint density at radius 1 is 1.00 bits per heavy atom. The Hall–Kier alpha value is -3.19. The van der Waals surface area contributed by atoms with Crippen LogP contribution in [0.3, 0.4) is 0 Å². The van der Waals surface area contributed by atoms with E-state index in [0.717, 1.165) is 43.4 Å². The monoisotopic (exact) mass is 421 g/mol. The summed E-state index contributed by atoms with van der Waals surface area (Å²) >= 11 is 1.51. The molecule has 6 nitrogen and oxygen atoms in total. The summed E-state index contributed by atoms with van der Waals surface area (Å²) in [4.78, 5) is 31.2. The third-order valence-corrected chi connectivity index (χ3v) is 6.35. The van der Waals surface area contributed by atoms with Gasteiger partial charge in [0.2, 0.25) is 0 Å². The first-order valence-electron chi connectivity index (χ1n) is 9.97. The van der Waals surface area contributed by atoms with E-state index in [1.807, 2.05) is 0 Å². The van der Waals surface area contributed by atoms with Gasteiger partial charge in [-0.2, -0.15) is 0 Å². The van der Waals surface area contributed by atoms with Crippen LogP contribution in [0.1, 0.15) is 50.4 Å². The first-order valence-corrected chi connectivity index (χ1v) is 10.8. The van der Waals surface area contributed by atoms with Crippen LogP contribution in [0, 0.1) is 0 Å². The van der Waals surface area contributed by atoms with Gasteiger partial charge in [0.25, 0.3) is 11.8 Å². The minimum Gasteiger partial charge on any atom is -0.497 e. The largest absolute Gasteiger partial charge is 0.497 e. The van der Waals surface area contributed by atoms with E-state index in [-0.39, 0.29) is 11.8 Å². The van der Waals surface area contributed by atoms with E-state index in [2.05, 4.69) is 15.6 Å². The second kappa shape index (κ2) is 9.09. The predicted octanol–water partition coefficient (Wildman–Crippen LogP) is 4.93. The van der Waals surface area contributed by atoms with Gasteiger partial charge in [0, 0.05) is 23.0 Å². The van der Waals surface area contributed by atoms with Crippen molar-refractivity contribution in [2.45, 2.75) is 32.1 Å². The summed E-state index contributed by atoms with van der Waals surface area (Å²) in [5.74, 6) is 0.251. The number of ether oxygens (including phenoxy) is 1. The number of carbonyl (C=O) groups is 2. The maximum Gasteiger partial charge on any atom is 0.258 e. The van der Waals surface area contributed by atoms with Crippen molar-refractivity contribution in [1.82, 2.24) is 4.98 Å². The van der Waals surface area contributed by atoms with Gasteiger partial charge in [0.15, 0.2) is 0 Å². The zero-order valence-electron chi connectivity index (χ0n) is 16.7. The molecule has 1 aromatic carbocycles. The smallest absolute Gasteiger partial charge is 0.258 e. The number of thiophene rings is 1. The van der Waals surface area contributed by atoms with Crippen molar-refractivity contribution in [3.63, 3.8) is 0 Å². The second-order valence-electron chi connectivity index (χ2n) is 7.15. The van der Waals surface area contributed by atoms with Gasteiger partial charge in [-0.05, 0) is 67.6 Å². The van der Waals surface area contributed by atoms with E-state index in [9.17, 15) is 9.59 Å². The molecule has 0 radical (unpaired) electrons. The molecule has 0 saturated heterocycles. The molecule has 2 heterocycles. The van der Waals surface area contributed by atoms with Crippen LogP contribution >= 0.6 is 11.3 Å². The molecule has 4 rings (SSSR count). The number of fused-ring (bicyclic) bond motifs is 1. The number of pyridine rings is 1. The number of nitrogens with zero attached hydrogens (tertiary/aromatic N) is 1. The highest BCUT2D eigenvalue weighted by Crippen LogP contribution is 2.38. The van der Waals surface area contributed by atoms with Crippen LogP contribution in [0.15, 0.2) is 48.8 Å². The Morgan fingerprint density at radius 3 is 2.53 bits per heavy atom. The summed E-state index contributed by atoms with van der Waals surface area (Å²) in [6, 6.07) is 10.6. The van der Waals surface area contributed by atoms with Crippen molar-refractivity contribution in [1.29, 1.82) is 0 Å². The van der Waals surface area contributed by atoms with Gasteiger partial charge in [-0.25, -0.2) is 0 Å². The zero-order valence-corrected chi connectivity index (χ0v) is 17.6. The summed E-state index contributed by atoms with van der Waals surface area (Å²) in [6.07, 6.45) is 8.22. The maximum absolute atomic E-state index is 13.3. The fourth-order valence-electron chi connectivity index (χ4n) is 3.61. The molecule has 0 spiro atoms. The van der Waals surface area contributed by atoms with E-state index in [0.29, 0.717) is 21.8 Å². The van der Waals surface area contributed by atoms with Crippen LogP contribution < -0.4 is 15.4 Å². The fraction of sp³-hybridized carbons (Fsp3) is 0.261. The van der Waals surface area contributed by atoms with E-state index >= 15 is 0 Å². The number of carbonyl (C=O) groups excluding carboxylic acids is 2. The average Bonchev–Trinajstić information content (AvgIpc) is 2.95. The molecule has 2 N–H and O–H groups in total. The number of aromatic nitrogens is 1. The Balaban J connectivity index is 1.64. The summed E-state index contributed by atoms with van der Waals surface area (Å²) in [7, 11) is 1.60. The molecule has 0 atom stereocenters. The average molecular weight is 422 g/mol. The lowest BCUT2D eigenvalue weighted by atomic mass is 10.0. The molecule has 2 amide bonds. The van der Waals surface area contributed by atoms with Gasteiger partial charge >= 0.3 is 0 Å². The standard InChI is InChI=1S/C23H23N3O3S/c1-29-17-11-9-16(10-12-17)25-22(28)20-18-7-3-2-4-8-19(18)30-23(20)26-21(27)15-6-5-13-24-14-15/h5-6,9-14H,2-4,7-8H2,1H3,(H,25,28)(H,26,27). The number of hydrogen-bond acceptors (Lipinski definition) is 5. The summed E-state index contributed by atoms with van der Waals surface area (Å²) < 4.78 is 5.18. The third-order valence-electron chi connectivity index (χ3n) is 5.15. The molecule has 0 unspecified atom stereocenters. The number of anilines is 2. The van der Waals surface area contributed by atoms with Crippen molar-refractivity contribution < 1.29 is 14.3 Å². The Bertz CT molecular complexity index is 1050. The van der Waals surface area contributed by atoms with Gasteiger partial charge in [-0.3, -0.25) is 14.6 Å². The van der Waals surface area contributed by atoms with Crippen molar-refractivity contribution in [3.8, 4) is 5.75 Å². The summed E-state index contributed by atoms with van der Waals surface area (Å²) in [5, 5.41) is 6.52. The number of benzene rings is 1. The van der Waals surface area contributed by atoms with Crippen LogP contribution in [0.4, 0.5) is 10.7 Å². The number of rotatable bonds is 5. The lowest BCUT2D eigenvalue weighted by Gasteiger charge is -2.10. The normalized spacial score (nSPS) is 13.1. The molecule has 2 aromatic heterocycles. The molecule has 1 aliphatic carbocycles. The highest BCUT2D eigenvalue weighted by atomic mass is 32.1. The quantitative estimate of drug-likeness (QED) is 0.573. The van der Waals surface area contributed by atoms with Crippen molar-refractivity contribution in [2.24, 2.45) is 0 Å². The number of aryl methyl sites for hydroxylation is 1. The van der Waals surface area contributed by atoms with Gasteiger partial charge < -0.3 is 15.4 Å². The molecular weight excluding hydrogens is 398 g/mol. The van der Waals surface area contributed by atoms with Crippen molar-refractivity contribution in [2.75, 3.05) is 17.7 Å². The zero-order chi connectivity index (χ0) is 20.9. The predicted molar refractivity (Wildman–Crippen MR) is 119 cm³/mol. The highest BCUT2D eigenvalue weighted by molar-refractivity contribution is 7.17. The molecule has 3 aromatic rings. The van der Waals surface area contributed by atoms with Gasteiger partial charge in [-0.15, -0.1) is 11.3 Å². The first-order chi connectivity index (χ1) is 14.7. The van der Waals surface area contributed by atoms with E-state index in [1.54, 1.807) is 49.7 Å². The Morgan fingerprint density at radius 2 is 1.80 bits per heavy atom. The maximum atomic E-state index is 13.3. The molecule has 1 aliphatic rings. The Kier molecular flexibility index (Phi) is 6.09. The van der Waals surface area contributed by atoms with E-state index in [4.69, 9.17) is 4.74 Å². The van der Waals surface area contributed by atoms with Crippen LogP contribution in [0.25, 0.3) is 0 Å². The molecule has 0 fully saturated rings. The second-order valence-corrected chi connectivity index (χ2v) is 8.25. The lowest BCUT2D eigenvalue weighted by molar-refractivity contribution is 0.102. The molecule has 7 heteroatoms. The summed E-state index contributed by atoms with van der Waals surface area (Å²) in [6.45, 7) is 0.